The molecule has 1 aromatic rings. The van der Waals surface area contributed by atoms with Crippen molar-refractivity contribution in [3.8, 4) is 29.8 Å². The first-order valence-electron chi connectivity index (χ1n) is 10.6. The molecular formula is C25H32N4O2. The number of allylic oxidation sites excluding steroid dienone is 2. The van der Waals surface area contributed by atoms with Crippen molar-refractivity contribution in [3.05, 3.63) is 48.0 Å². The molecule has 0 bridgehead atoms. The average molecular weight is 421 g/mol. The van der Waals surface area contributed by atoms with Crippen molar-refractivity contribution in [2.24, 2.45) is 5.73 Å². The maximum absolute atomic E-state index is 11.5. The maximum Gasteiger partial charge on any atom is 0.305 e. The number of hydrogen-bond donors (Lipinski definition) is 3. The van der Waals surface area contributed by atoms with Crippen LogP contribution in [0.25, 0.3) is 0 Å². The van der Waals surface area contributed by atoms with Crippen LogP contribution in [0.3, 0.4) is 0 Å². The van der Waals surface area contributed by atoms with Gasteiger partial charge in [0, 0.05) is 25.5 Å². The average Bonchev–Trinajstić information content (AvgIpc) is 2.78. The second-order valence-corrected chi connectivity index (χ2v) is 6.78. The summed E-state index contributed by atoms with van der Waals surface area (Å²) in [7, 11) is 0. The third kappa shape index (κ3) is 11.6. The molecule has 1 unspecified atom stereocenters. The number of carbonyl (C=O) groups excluding carboxylic acids is 1. The molecular weight excluding hydrogens is 388 g/mol. The predicted molar refractivity (Wildman–Crippen MR) is 123 cm³/mol. The van der Waals surface area contributed by atoms with Crippen molar-refractivity contribution in [3.63, 3.8) is 0 Å². The minimum absolute atomic E-state index is 0.511. The standard InChI is InChI=1S/C25H32N4O2/c1-23(30)31-25(22-27,24-14-7-6-8-15-24)16-9-4-2-3-5-11-18-28-20-13-21-29-19-12-10-17-26/h2,4,6-8,14-15,28-29H,10-13,17-21,26H2,1H3/b4-2-. The van der Waals surface area contributed by atoms with E-state index in [9.17, 15) is 10.1 Å². The molecule has 0 radical (unpaired) electrons. The first-order chi connectivity index (χ1) is 15.1. The second-order valence-electron chi connectivity index (χ2n) is 6.78. The van der Waals surface area contributed by atoms with Crippen LogP contribution in [0.1, 0.15) is 38.2 Å². The number of nitrogens with two attached hydrogens (primary N) is 1. The maximum atomic E-state index is 11.5. The molecule has 0 aromatic heterocycles. The van der Waals surface area contributed by atoms with Crippen LogP contribution in [-0.4, -0.2) is 38.7 Å². The van der Waals surface area contributed by atoms with Crippen molar-refractivity contribution < 1.29 is 9.53 Å². The summed E-state index contributed by atoms with van der Waals surface area (Å²) in [5, 5.41) is 16.4. The van der Waals surface area contributed by atoms with E-state index in [1.54, 1.807) is 36.4 Å². The lowest BCUT2D eigenvalue weighted by atomic mass is 9.95. The van der Waals surface area contributed by atoms with Gasteiger partial charge >= 0.3 is 5.97 Å². The normalized spacial score (nSPS) is 12.0. The smallest absolute Gasteiger partial charge is 0.305 e. The number of benzene rings is 1. The van der Waals surface area contributed by atoms with Gasteiger partial charge in [0.05, 0.1) is 0 Å². The topological polar surface area (TPSA) is 100 Å². The van der Waals surface area contributed by atoms with Crippen LogP contribution < -0.4 is 16.4 Å². The van der Waals surface area contributed by atoms with Crippen molar-refractivity contribution in [2.45, 2.75) is 38.2 Å². The predicted octanol–water partition coefficient (Wildman–Crippen LogP) is 2.23. The number of esters is 1. The molecule has 6 heteroatoms. The fourth-order valence-corrected chi connectivity index (χ4v) is 2.65. The number of hydrogen-bond acceptors (Lipinski definition) is 6. The van der Waals surface area contributed by atoms with Gasteiger partial charge in [-0.25, -0.2) is 0 Å². The van der Waals surface area contributed by atoms with Crippen LogP contribution >= 0.6 is 0 Å². The van der Waals surface area contributed by atoms with Crippen LogP contribution in [0.15, 0.2) is 42.5 Å². The largest absolute Gasteiger partial charge is 0.428 e. The fourth-order valence-electron chi connectivity index (χ4n) is 2.65. The van der Waals surface area contributed by atoms with Crippen molar-refractivity contribution in [2.75, 3.05) is 32.7 Å². The number of rotatable bonds is 12. The van der Waals surface area contributed by atoms with Gasteiger partial charge in [0.1, 0.15) is 6.07 Å². The lowest BCUT2D eigenvalue weighted by Gasteiger charge is -2.20. The number of nitrogens with zero attached hydrogens (tertiary/aromatic N) is 1. The van der Waals surface area contributed by atoms with Crippen molar-refractivity contribution >= 4 is 5.97 Å². The van der Waals surface area contributed by atoms with Crippen molar-refractivity contribution in [1.29, 1.82) is 5.26 Å². The highest BCUT2D eigenvalue weighted by atomic mass is 16.6. The van der Waals surface area contributed by atoms with Crippen LogP contribution in [-0.2, 0) is 15.1 Å². The fraction of sp³-hybridized carbons (Fsp3) is 0.440. The Balaban J connectivity index is 2.37. The van der Waals surface area contributed by atoms with E-state index in [0.717, 1.165) is 58.4 Å². The van der Waals surface area contributed by atoms with E-state index in [1.807, 2.05) is 12.1 Å². The van der Waals surface area contributed by atoms with Gasteiger partial charge < -0.3 is 21.1 Å². The highest BCUT2D eigenvalue weighted by molar-refractivity contribution is 5.68. The van der Waals surface area contributed by atoms with Crippen LogP contribution in [0.5, 0.6) is 0 Å². The Bertz CT molecular complexity index is 837. The summed E-state index contributed by atoms with van der Waals surface area (Å²) in [6.07, 6.45) is 7.19. The number of unbranched alkanes of at least 4 members (excludes halogenated alkanes) is 1. The van der Waals surface area contributed by atoms with E-state index >= 15 is 0 Å². The van der Waals surface area contributed by atoms with Gasteiger partial charge in [-0.1, -0.05) is 48.1 Å². The molecule has 0 aliphatic rings. The molecule has 0 aliphatic carbocycles. The summed E-state index contributed by atoms with van der Waals surface area (Å²) in [5.41, 5.74) is 4.34. The minimum atomic E-state index is -1.63. The summed E-state index contributed by atoms with van der Waals surface area (Å²) >= 11 is 0. The van der Waals surface area contributed by atoms with Gasteiger partial charge in [-0.05, 0) is 63.5 Å². The van der Waals surface area contributed by atoms with E-state index in [4.69, 9.17) is 10.5 Å². The number of nitrogens with one attached hydrogen (secondary N) is 2. The summed E-state index contributed by atoms with van der Waals surface area (Å²) in [5.74, 6) is 10.9. The molecule has 0 saturated heterocycles. The lowest BCUT2D eigenvalue weighted by Crippen LogP contribution is -2.28. The van der Waals surface area contributed by atoms with Gasteiger partial charge in [-0.2, -0.15) is 5.26 Å². The van der Waals surface area contributed by atoms with E-state index in [-0.39, 0.29) is 0 Å². The lowest BCUT2D eigenvalue weighted by molar-refractivity contribution is -0.148. The molecule has 1 aromatic carbocycles. The molecule has 0 aliphatic heterocycles. The number of ether oxygens (including phenoxy) is 1. The van der Waals surface area contributed by atoms with E-state index < -0.39 is 11.6 Å². The van der Waals surface area contributed by atoms with E-state index in [1.165, 1.54) is 6.92 Å². The van der Waals surface area contributed by atoms with Crippen LogP contribution in [0.4, 0.5) is 0 Å². The Labute approximate surface area is 186 Å². The summed E-state index contributed by atoms with van der Waals surface area (Å²) < 4.78 is 5.24. The number of nitriles is 1. The third-order valence-electron chi connectivity index (χ3n) is 4.18. The van der Waals surface area contributed by atoms with Gasteiger partial charge in [-0.15, -0.1) is 0 Å². The Hall–Kier alpha value is -3.08. The molecule has 31 heavy (non-hydrogen) atoms. The number of carbonyl (C=O) groups is 1. The molecule has 0 fully saturated rings. The quantitative estimate of drug-likeness (QED) is 0.272. The first-order valence-corrected chi connectivity index (χ1v) is 10.6. The Morgan fingerprint density at radius 3 is 2.42 bits per heavy atom. The zero-order valence-corrected chi connectivity index (χ0v) is 18.2. The first kappa shape index (κ1) is 26.0. The molecule has 0 spiro atoms. The van der Waals surface area contributed by atoms with Crippen molar-refractivity contribution in [1.82, 2.24) is 10.6 Å². The molecule has 0 heterocycles. The Morgan fingerprint density at radius 1 is 1.06 bits per heavy atom. The monoisotopic (exact) mass is 420 g/mol. The SMILES string of the molecule is CC(=O)OC(C#N)(C#C/C=C\C#CCCNCCCNCCCCN)c1ccccc1. The van der Waals surface area contributed by atoms with E-state index in [2.05, 4.69) is 34.3 Å². The zero-order valence-electron chi connectivity index (χ0n) is 18.2. The van der Waals surface area contributed by atoms with E-state index in [0.29, 0.717) is 5.56 Å². The summed E-state index contributed by atoms with van der Waals surface area (Å²) in [4.78, 5) is 11.5. The summed E-state index contributed by atoms with van der Waals surface area (Å²) in [6.45, 7) is 5.84. The van der Waals surface area contributed by atoms with Gasteiger partial charge in [0.15, 0.2) is 0 Å². The highest BCUT2D eigenvalue weighted by Gasteiger charge is 2.33. The third-order valence-corrected chi connectivity index (χ3v) is 4.18. The second kappa shape index (κ2) is 16.7. The molecule has 164 valence electrons. The van der Waals surface area contributed by atoms with Gasteiger partial charge in [0.25, 0.3) is 5.60 Å². The zero-order chi connectivity index (χ0) is 22.6. The molecule has 1 atom stereocenters. The van der Waals surface area contributed by atoms with Gasteiger partial charge in [0.2, 0.25) is 0 Å². The molecule has 0 amide bonds. The molecule has 0 saturated carbocycles. The van der Waals surface area contributed by atoms with Crippen LogP contribution in [0, 0.1) is 35.0 Å². The highest BCUT2D eigenvalue weighted by Crippen LogP contribution is 2.24. The molecule has 4 N–H and O–H groups in total. The van der Waals surface area contributed by atoms with Crippen LogP contribution in [0.2, 0.25) is 0 Å². The summed E-state index contributed by atoms with van der Waals surface area (Å²) in [6, 6.07) is 10.8. The molecule has 1 rings (SSSR count). The van der Waals surface area contributed by atoms with Gasteiger partial charge in [-0.3, -0.25) is 4.79 Å². The minimum Gasteiger partial charge on any atom is -0.428 e. The Morgan fingerprint density at radius 2 is 1.74 bits per heavy atom. The Kier molecular flexibility index (Phi) is 14.0. The molecule has 6 nitrogen and oxygen atoms in total.